The number of nitrogens with zero attached hydrogens (tertiary/aromatic N) is 1. The lowest BCUT2D eigenvalue weighted by atomic mass is 10.0. The van der Waals surface area contributed by atoms with Crippen molar-refractivity contribution >= 4 is 11.8 Å². The standard InChI is InChI=1S/C32H32N2O2/c35-31(24-28-17-9-3-10-18-28)34(25-29-19-11-4-12-20-29)30(23-27-15-7-2-8-16-27)32(36)33-22-21-26-13-5-1-6-14-26/h1-20,30H,21-25H2,(H,33,36)/t30-/m0/s1. The third-order valence-electron chi connectivity index (χ3n) is 6.22. The van der Waals surface area contributed by atoms with Gasteiger partial charge in [-0.1, -0.05) is 121 Å². The monoisotopic (exact) mass is 476 g/mol. The smallest absolute Gasteiger partial charge is 0.243 e. The zero-order valence-corrected chi connectivity index (χ0v) is 20.4. The minimum atomic E-state index is -0.625. The Morgan fingerprint density at radius 1 is 0.611 bits per heavy atom. The summed E-state index contributed by atoms with van der Waals surface area (Å²) in [6.45, 7) is 0.885. The first-order valence-electron chi connectivity index (χ1n) is 12.4. The van der Waals surface area contributed by atoms with Gasteiger partial charge in [-0.05, 0) is 28.7 Å². The van der Waals surface area contributed by atoms with Crippen molar-refractivity contribution in [2.24, 2.45) is 0 Å². The van der Waals surface area contributed by atoms with Crippen molar-refractivity contribution in [3.05, 3.63) is 144 Å². The van der Waals surface area contributed by atoms with Gasteiger partial charge in [-0.2, -0.15) is 0 Å². The Kier molecular flexibility index (Phi) is 9.04. The van der Waals surface area contributed by atoms with Crippen LogP contribution in [-0.4, -0.2) is 29.3 Å². The van der Waals surface area contributed by atoms with Crippen LogP contribution >= 0.6 is 0 Å². The number of carbonyl (C=O) groups excluding carboxylic acids is 2. The molecule has 1 N–H and O–H groups in total. The largest absolute Gasteiger partial charge is 0.354 e. The molecule has 0 aromatic heterocycles. The minimum absolute atomic E-state index is 0.0656. The Bertz CT molecular complexity index is 1210. The Morgan fingerprint density at radius 2 is 1.08 bits per heavy atom. The molecule has 0 saturated carbocycles. The molecule has 4 aromatic rings. The summed E-state index contributed by atoms with van der Waals surface area (Å²) in [5, 5.41) is 3.10. The summed E-state index contributed by atoms with van der Waals surface area (Å²) < 4.78 is 0. The third kappa shape index (κ3) is 7.41. The maximum absolute atomic E-state index is 13.7. The molecule has 4 heteroatoms. The van der Waals surface area contributed by atoms with E-state index in [9.17, 15) is 9.59 Å². The van der Waals surface area contributed by atoms with E-state index >= 15 is 0 Å². The lowest BCUT2D eigenvalue weighted by Crippen LogP contribution is -2.51. The van der Waals surface area contributed by atoms with Crippen LogP contribution in [0.3, 0.4) is 0 Å². The van der Waals surface area contributed by atoms with E-state index in [1.807, 2.05) is 109 Å². The Labute approximate surface area is 213 Å². The Balaban J connectivity index is 1.58. The average molecular weight is 477 g/mol. The quantitative estimate of drug-likeness (QED) is 0.322. The number of benzene rings is 4. The maximum Gasteiger partial charge on any atom is 0.243 e. The summed E-state index contributed by atoms with van der Waals surface area (Å²) in [4.78, 5) is 29.1. The van der Waals surface area contributed by atoms with Crippen LogP contribution < -0.4 is 5.32 Å². The summed E-state index contributed by atoms with van der Waals surface area (Å²) in [6, 6.07) is 38.9. The van der Waals surface area contributed by atoms with E-state index in [0.29, 0.717) is 19.5 Å². The van der Waals surface area contributed by atoms with Crippen molar-refractivity contribution in [1.82, 2.24) is 10.2 Å². The van der Waals surface area contributed by atoms with Crippen LogP contribution in [-0.2, 0) is 35.4 Å². The molecule has 0 aliphatic rings. The Hall–Kier alpha value is -4.18. The van der Waals surface area contributed by atoms with Gasteiger partial charge in [-0.25, -0.2) is 0 Å². The van der Waals surface area contributed by atoms with E-state index in [4.69, 9.17) is 0 Å². The van der Waals surface area contributed by atoms with Crippen molar-refractivity contribution in [3.8, 4) is 0 Å². The van der Waals surface area contributed by atoms with Crippen molar-refractivity contribution in [3.63, 3.8) is 0 Å². The molecule has 0 aliphatic carbocycles. The number of amides is 2. The van der Waals surface area contributed by atoms with Crippen molar-refractivity contribution in [1.29, 1.82) is 0 Å². The molecule has 0 fully saturated rings. The first-order chi connectivity index (χ1) is 17.7. The van der Waals surface area contributed by atoms with Gasteiger partial charge in [0.1, 0.15) is 6.04 Å². The second kappa shape index (κ2) is 13.1. The number of rotatable bonds is 11. The molecule has 4 rings (SSSR count). The average Bonchev–Trinajstić information content (AvgIpc) is 2.93. The Morgan fingerprint density at radius 3 is 1.64 bits per heavy atom. The van der Waals surface area contributed by atoms with Crippen LogP contribution in [0.2, 0.25) is 0 Å². The number of carbonyl (C=O) groups is 2. The van der Waals surface area contributed by atoms with Gasteiger partial charge in [0.05, 0.1) is 6.42 Å². The SMILES string of the molecule is O=C(NCCc1ccccc1)[C@H](Cc1ccccc1)N(Cc1ccccc1)C(=O)Cc1ccccc1. The van der Waals surface area contributed by atoms with Crippen LogP contribution in [0.1, 0.15) is 22.3 Å². The van der Waals surface area contributed by atoms with E-state index in [-0.39, 0.29) is 18.2 Å². The molecule has 0 saturated heterocycles. The first kappa shape index (κ1) is 24.9. The van der Waals surface area contributed by atoms with E-state index in [1.165, 1.54) is 5.56 Å². The summed E-state index contributed by atoms with van der Waals surface area (Å²) in [5.74, 6) is -0.198. The predicted molar refractivity (Wildman–Crippen MR) is 144 cm³/mol. The molecule has 2 amide bonds. The van der Waals surface area contributed by atoms with Gasteiger partial charge in [-0.3, -0.25) is 9.59 Å². The molecule has 0 heterocycles. The molecule has 0 aliphatic heterocycles. The van der Waals surface area contributed by atoms with E-state index in [0.717, 1.165) is 23.1 Å². The third-order valence-corrected chi connectivity index (χ3v) is 6.22. The minimum Gasteiger partial charge on any atom is -0.354 e. The molecule has 4 aromatic carbocycles. The second-order valence-corrected chi connectivity index (χ2v) is 8.90. The van der Waals surface area contributed by atoms with Crippen LogP contribution in [0, 0.1) is 0 Å². The van der Waals surface area contributed by atoms with Crippen LogP contribution in [0.5, 0.6) is 0 Å². The second-order valence-electron chi connectivity index (χ2n) is 8.90. The molecule has 36 heavy (non-hydrogen) atoms. The molecule has 1 atom stereocenters. The zero-order chi connectivity index (χ0) is 25.0. The normalized spacial score (nSPS) is 11.4. The fraction of sp³-hybridized carbons (Fsp3) is 0.188. The molecule has 0 spiro atoms. The number of nitrogens with one attached hydrogen (secondary N) is 1. The summed E-state index contributed by atoms with van der Waals surface area (Å²) >= 11 is 0. The zero-order valence-electron chi connectivity index (χ0n) is 20.4. The maximum atomic E-state index is 13.7. The molecule has 4 nitrogen and oxygen atoms in total. The summed E-state index contributed by atoms with van der Waals surface area (Å²) in [6.07, 6.45) is 1.43. The molecule has 0 bridgehead atoms. The molecule has 0 radical (unpaired) electrons. The molecule has 182 valence electrons. The van der Waals surface area contributed by atoms with Crippen molar-refractivity contribution in [2.75, 3.05) is 6.54 Å². The number of hydrogen-bond acceptors (Lipinski definition) is 2. The summed E-state index contributed by atoms with van der Waals surface area (Å²) in [5.41, 5.74) is 4.11. The topological polar surface area (TPSA) is 49.4 Å². The van der Waals surface area contributed by atoms with Gasteiger partial charge >= 0.3 is 0 Å². The van der Waals surface area contributed by atoms with E-state index < -0.39 is 6.04 Å². The fourth-order valence-corrected chi connectivity index (χ4v) is 4.30. The van der Waals surface area contributed by atoms with Gasteiger partial charge in [0.25, 0.3) is 0 Å². The summed E-state index contributed by atoms with van der Waals surface area (Å²) in [7, 11) is 0. The molecule has 0 unspecified atom stereocenters. The molecular weight excluding hydrogens is 444 g/mol. The highest BCUT2D eigenvalue weighted by Gasteiger charge is 2.30. The van der Waals surface area contributed by atoms with Crippen LogP contribution in [0.15, 0.2) is 121 Å². The van der Waals surface area contributed by atoms with E-state index in [1.54, 1.807) is 4.90 Å². The lowest BCUT2D eigenvalue weighted by molar-refractivity contribution is -0.140. The van der Waals surface area contributed by atoms with Gasteiger partial charge in [0, 0.05) is 19.5 Å². The highest BCUT2D eigenvalue weighted by Crippen LogP contribution is 2.16. The van der Waals surface area contributed by atoms with Gasteiger partial charge < -0.3 is 10.2 Å². The fourth-order valence-electron chi connectivity index (χ4n) is 4.30. The molecular formula is C32H32N2O2. The number of hydrogen-bond donors (Lipinski definition) is 1. The van der Waals surface area contributed by atoms with Gasteiger partial charge in [0.15, 0.2) is 0 Å². The highest BCUT2D eigenvalue weighted by molar-refractivity contribution is 5.88. The first-order valence-corrected chi connectivity index (χ1v) is 12.4. The van der Waals surface area contributed by atoms with Crippen LogP contribution in [0.4, 0.5) is 0 Å². The lowest BCUT2D eigenvalue weighted by Gasteiger charge is -2.31. The van der Waals surface area contributed by atoms with E-state index in [2.05, 4.69) is 17.4 Å². The van der Waals surface area contributed by atoms with Gasteiger partial charge in [0.2, 0.25) is 11.8 Å². The van der Waals surface area contributed by atoms with Crippen molar-refractivity contribution < 1.29 is 9.59 Å². The van der Waals surface area contributed by atoms with Crippen LogP contribution in [0.25, 0.3) is 0 Å². The van der Waals surface area contributed by atoms with Gasteiger partial charge in [-0.15, -0.1) is 0 Å². The predicted octanol–water partition coefficient (Wildman–Crippen LogP) is 5.23. The van der Waals surface area contributed by atoms with Crippen molar-refractivity contribution in [2.45, 2.75) is 31.8 Å². The highest BCUT2D eigenvalue weighted by atomic mass is 16.2.